The van der Waals surface area contributed by atoms with Gasteiger partial charge in [-0.1, -0.05) is 6.92 Å². The second-order valence-electron chi connectivity index (χ2n) is 4.96. The van der Waals surface area contributed by atoms with Gasteiger partial charge in [-0.25, -0.2) is 4.98 Å². The first-order chi connectivity index (χ1) is 8.04. The van der Waals surface area contributed by atoms with Gasteiger partial charge in [0.05, 0.1) is 5.56 Å². The van der Waals surface area contributed by atoms with Crippen molar-refractivity contribution < 1.29 is 4.79 Å². The molecular weight excluding hydrogens is 216 g/mol. The van der Waals surface area contributed by atoms with Crippen molar-refractivity contribution in [2.75, 3.05) is 24.5 Å². The third-order valence-electron chi connectivity index (χ3n) is 3.41. The lowest BCUT2D eigenvalue weighted by Crippen LogP contribution is -2.31. The standard InChI is InChI=1S/C12H18N4O/c1-12(7-13)4-5-16(8-12)10-3-2-9(6-15-10)11(14)17/h2-3,6H,4-5,7-8,13H2,1H3,(H2,14,17). The maximum atomic E-state index is 10.9. The zero-order chi connectivity index (χ0) is 12.5. The summed E-state index contributed by atoms with van der Waals surface area (Å²) in [7, 11) is 0. The second-order valence-corrected chi connectivity index (χ2v) is 4.96. The van der Waals surface area contributed by atoms with Crippen molar-refractivity contribution in [3.05, 3.63) is 23.9 Å². The molecule has 1 amide bonds. The summed E-state index contributed by atoms with van der Waals surface area (Å²) in [5.41, 5.74) is 11.5. The first-order valence-corrected chi connectivity index (χ1v) is 5.75. The molecule has 1 atom stereocenters. The van der Waals surface area contributed by atoms with Crippen molar-refractivity contribution in [1.29, 1.82) is 0 Å². The quantitative estimate of drug-likeness (QED) is 0.790. The van der Waals surface area contributed by atoms with Crippen LogP contribution in [0.2, 0.25) is 0 Å². The van der Waals surface area contributed by atoms with Gasteiger partial charge in [-0.05, 0) is 30.5 Å². The number of pyridine rings is 1. The van der Waals surface area contributed by atoms with Crippen molar-refractivity contribution in [2.24, 2.45) is 16.9 Å². The van der Waals surface area contributed by atoms with Crippen molar-refractivity contribution in [3.63, 3.8) is 0 Å². The number of primary amides is 1. The summed E-state index contributed by atoms with van der Waals surface area (Å²) in [5.74, 6) is 0.435. The Hall–Kier alpha value is -1.62. The van der Waals surface area contributed by atoms with Gasteiger partial charge in [-0.15, -0.1) is 0 Å². The molecule has 0 bridgehead atoms. The number of aromatic nitrogens is 1. The molecular formula is C12H18N4O. The monoisotopic (exact) mass is 234 g/mol. The SMILES string of the molecule is CC1(CN)CCN(c2ccc(C(N)=O)cn2)C1. The fourth-order valence-electron chi connectivity index (χ4n) is 2.10. The van der Waals surface area contributed by atoms with Crippen LogP contribution >= 0.6 is 0 Å². The van der Waals surface area contributed by atoms with Crippen LogP contribution in [0.4, 0.5) is 5.82 Å². The van der Waals surface area contributed by atoms with E-state index in [0.29, 0.717) is 12.1 Å². The number of carbonyl (C=O) groups is 1. The van der Waals surface area contributed by atoms with Crippen molar-refractivity contribution in [1.82, 2.24) is 4.98 Å². The van der Waals surface area contributed by atoms with Crippen LogP contribution in [-0.4, -0.2) is 30.5 Å². The van der Waals surface area contributed by atoms with E-state index in [-0.39, 0.29) is 5.41 Å². The highest BCUT2D eigenvalue weighted by Crippen LogP contribution is 2.31. The maximum absolute atomic E-state index is 10.9. The molecule has 2 rings (SSSR count). The molecule has 1 aromatic heterocycles. The molecule has 1 aliphatic rings. The van der Waals surface area contributed by atoms with E-state index in [1.807, 2.05) is 6.07 Å². The normalized spacial score (nSPS) is 24.0. The predicted molar refractivity (Wildman–Crippen MR) is 66.7 cm³/mol. The minimum absolute atomic E-state index is 0.171. The highest BCUT2D eigenvalue weighted by atomic mass is 16.1. The minimum atomic E-state index is -0.447. The lowest BCUT2D eigenvalue weighted by atomic mass is 9.90. The summed E-state index contributed by atoms with van der Waals surface area (Å²) in [5, 5.41) is 0. The van der Waals surface area contributed by atoms with E-state index in [4.69, 9.17) is 11.5 Å². The highest BCUT2D eigenvalue weighted by Gasteiger charge is 2.32. The molecule has 1 fully saturated rings. The molecule has 92 valence electrons. The van der Waals surface area contributed by atoms with Crippen LogP contribution in [0.15, 0.2) is 18.3 Å². The smallest absolute Gasteiger partial charge is 0.250 e. The Balaban J connectivity index is 2.12. The van der Waals surface area contributed by atoms with Crippen LogP contribution in [0.1, 0.15) is 23.7 Å². The van der Waals surface area contributed by atoms with E-state index in [0.717, 1.165) is 25.3 Å². The van der Waals surface area contributed by atoms with Crippen molar-refractivity contribution >= 4 is 11.7 Å². The zero-order valence-corrected chi connectivity index (χ0v) is 10.0. The van der Waals surface area contributed by atoms with Gasteiger partial charge in [-0.3, -0.25) is 4.79 Å². The van der Waals surface area contributed by atoms with Crippen LogP contribution in [0.3, 0.4) is 0 Å². The Morgan fingerprint density at radius 3 is 2.82 bits per heavy atom. The fraction of sp³-hybridized carbons (Fsp3) is 0.500. The van der Waals surface area contributed by atoms with Crippen molar-refractivity contribution in [2.45, 2.75) is 13.3 Å². The van der Waals surface area contributed by atoms with Gasteiger partial charge in [0.15, 0.2) is 0 Å². The Morgan fingerprint density at radius 2 is 2.35 bits per heavy atom. The van der Waals surface area contributed by atoms with Crippen molar-refractivity contribution in [3.8, 4) is 0 Å². The lowest BCUT2D eigenvalue weighted by molar-refractivity contribution is 0.1000. The Kier molecular flexibility index (Phi) is 3.02. The number of amides is 1. The lowest BCUT2D eigenvalue weighted by Gasteiger charge is -2.23. The van der Waals surface area contributed by atoms with Gasteiger partial charge in [0.2, 0.25) is 5.91 Å². The van der Waals surface area contributed by atoms with Crippen LogP contribution in [0.5, 0.6) is 0 Å². The van der Waals surface area contributed by atoms with Crippen LogP contribution in [0, 0.1) is 5.41 Å². The molecule has 0 saturated carbocycles. The highest BCUT2D eigenvalue weighted by molar-refractivity contribution is 5.92. The molecule has 1 aromatic rings. The third kappa shape index (κ3) is 2.39. The third-order valence-corrected chi connectivity index (χ3v) is 3.41. The second kappa shape index (κ2) is 4.33. The Labute approximate surface area is 101 Å². The fourth-order valence-corrected chi connectivity index (χ4v) is 2.10. The first kappa shape index (κ1) is 11.9. The molecule has 0 radical (unpaired) electrons. The van der Waals surface area contributed by atoms with E-state index in [1.165, 1.54) is 6.20 Å². The molecule has 4 N–H and O–H groups in total. The number of rotatable bonds is 3. The molecule has 1 aliphatic heterocycles. The molecule has 1 unspecified atom stereocenters. The van der Waals surface area contributed by atoms with Gasteiger partial charge in [0.25, 0.3) is 0 Å². The minimum Gasteiger partial charge on any atom is -0.366 e. The number of nitrogens with zero attached hydrogens (tertiary/aromatic N) is 2. The van der Waals surface area contributed by atoms with E-state index in [1.54, 1.807) is 6.07 Å². The van der Waals surface area contributed by atoms with Gasteiger partial charge in [0, 0.05) is 19.3 Å². The van der Waals surface area contributed by atoms with Gasteiger partial charge >= 0.3 is 0 Å². The van der Waals surface area contributed by atoms with Gasteiger partial charge in [-0.2, -0.15) is 0 Å². The van der Waals surface area contributed by atoms with E-state index >= 15 is 0 Å². The molecule has 2 heterocycles. The summed E-state index contributed by atoms with van der Waals surface area (Å²) in [6, 6.07) is 3.55. The summed E-state index contributed by atoms with van der Waals surface area (Å²) in [6.45, 7) is 4.73. The largest absolute Gasteiger partial charge is 0.366 e. The topological polar surface area (TPSA) is 85.2 Å². The van der Waals surface area contributed by atoms with E-state index < -0.39 is 5.91 Å². The molecule has 1 saturated heterocycles. The molecule has 5 nitrogen and oxygen atoms in total. The zero-order valence-electron chi connectivity index (χ0n) is 10.0. The average molecular weight is 234 g/mol. The molecule has 0 aliphatic carbocycles. The molecule has 5 heteroatoms. The van der Waals surface area contributed by atoms with E-state index in [9.17, 15) is 4.79 Å². The number of hydrogen-bond donors (Lipinski definition) is 2. The first-order valence-electron chi connectivity index (χ1n) is 5.75. The Morgan fingerprint density at radius 1 is 1.59 bits per heavy atom. The molecule has 0 spiro atoms. The number of hydrogen-bond acceptors (Lipinski definition) is 4. The van der Waals surface area contributed by atoms with Crippen LogP contribution in [0.25, 0.3) is 0 Å². The molecule has 17 heavy (non-hydrogen) atoms. The van der Waals surface area contributed by atoms with E-state index in [2.05, 4.69) is 16.8 Å². The summed E-state index contributed by atoms with van der Waals surface area (Å²) >= 11 is 0. The summed E-state index contributed by atoms with van der Waals surface area (Å²) in [4.78, 5) is 17.4. The van der Waals surface area contributed by atoms with Gasteiger partial charge in [0.1, 0.15) is 5.82 Å². The average Bonchev–Trinajstić information content (AvgIpc) is 2.73. The number of nitrogens with two attached hydrogens (primary N) is 2. The Bertz CT molecular complexity index is 417. The summed E-state index contributed by atoms with van der Waals surface area (Å²) < 4.78 is 0. The van der Waals surface area contributed by atoms with Gasteiger partial charge < -0.3 is 16.4 Å². The number of anilines is 1. The predicted octanol–water partition coefficient (Wildman–Crippen LogP) is 0.356. The number of carbonyl (C=O) groups excluding carboxylic acids is 1. The summed E-state index contributed by atoms with van der Waals surface area (Å²) in [6.07, 6.45) is 2.60. The van der Waals surface area contributed by atoms with Crippen LogP contribution in [-0.2, 0) is 0 Å². The maximum Gasteiger partial charge on any atom is 0.250 e. The molecule has 0 aromatic carbocycles. The van der Waals surface area contributed by atoms with Crippen LogP contribution < -0.4 is 16.4 Å².